The Labute approximate surface area is 143 Å². The first kappa shape index (κ1) is 17.1. The van der Waals surface area contributed by atoms with Crippen LogP contribution in [0, 0.1) is 0 Å². The molecule has 1 aliphatic carbocycles. The molecule has 3 nitrogen and oxygen atoms in total. The Bertz CT molecular complexity index is 797. The molecule has 2 aromatic rings. The minimum absolute atomic E-state index is 0.0379. The van der Waals surface area contributed by atoms with Crippen LogP contribution in [0.2, 0.25) is 0 Å². The lowest BCUT2D eigenvalue weighted by atomic mass is 10.1. The van der Waals surface area contributed by atoms with Crippen molar-refractivity contribution in [2.24, 2.45) is 0 Å². The fraction of sp³-hybridized carbons (Fsp3) is 0.211. The van der Waals surface area contributed by atoms with Gasteiger partial charge in [-0.15, -0.1) is 0 Å². The van der Waals surface area contributed by atoms with Crippen molar-refractivity contribution in [3.05, 3.63) is 71.8 Å². The van der Waals surface area contributed by atoms with Crippen molar-refractivity contribution >= 4 is 17.3 Å². The van der Waals surface area contributed by atoms with Crippen LogP contribution in [0.4, 0.5) is 24.5 Å². The molecule has 1 amide bonds. The van der Waals surface area contributed by atoms with E-state index >= 15 is 0 Å². The summed E-state index contributed by atoms with van der Waals surface area (Å²) in [6, 6.07) is 10.7. The first-order valence-electron chi connectivity index (χ1n) is 7.87. The predicted octanol–water partition coefficient (Wildman–Crippen LogP) is 4.93. The zero-order chi connectivity index (χ0) is 18.0. The largest absolute Gasteiger partial charge is 0.416 e. The SMILES string of the molecule is C=CC(=O)Nc1ccc2c(c1)CC[C@@H]2Nc1ccc(C(F)(F)F)cc1. The molecule has 1 aliphatic rings. The molecule has 0 aromatic heterocycles. The first-order chi connectivity index (χ1) is 11.9. The zero-order valence-corrected chi connectivity index (χ0v) is 13.4. The van der Waals surface area contributed by atoms with Crippen molar-refractivity contribution in [1.29, 1.82) is 0 Å². The van der Waals surface area contributed by atoms with E-state index in [1.807, 2.05) is 18.2 Å². The van der Waals surface area contributed by atoms with Gasteiger partial charge in [-0.25, -0.2) is 0 Å². The number of carbonyl (C=O) groups is 1. The number of halogens is 3. The van der Waals surface area contributed by atoms with Crippen LogP contribution >= 0.6 is 0 Å². The number of carbonyl (C=O) groups excluding carboxylic acids is 1. The van der Waals surface area contributed by atoms with Gasteiger partial charge in [-0.05, 0) is 66.4 Å². The van der Waals surface area contributed by atoms with Crippen LogP contribution in [-0.4, -0.2) is 5.91 Å². The normalized spacial score (nSPS) is 16.2. The van der Waals surface area contributed by atoms with E-state index in [4.69, 9.17) is 0 Å². The molecule has 2 aromatic carbocycles. The molecule has 0 fully saturated rings. The number of anilines is 2. The highest BCUT2D eigenvalue weighted by molar-refractivity contribution is 5.98. The van der Waals surface area contributed by atoms with Crippen molar-refractivity contribution in [1.82, 2.24) is 0 Å². The molecular formula is C19H17F3N2O. The summed E-state index contributed by atoms with van der Waals surface area (Å²) in [7, 11) is 0. The van der Waals surface area contributed by atoms with E-state index in [0.29, 0.717) is 11.4 Å². The van der Waals surface area contributed by atoms with Gasteiger partial charge in [0.05, 0.1) is 11.6 Å². The quantitative estimate of drug-likeness (QED) is 0.771. The van der Waals surface area contributed by atoms with E-state index in [9.17, 15) is 18.0 Å². The molecule has 0 aliphatic heterocycles. The van der Waals surface area contributed by atoms with Crippen molar-refractivity contribution in [3.8, 4) is 0 Å². The summed E-state index contributed by atoms with van der Waals surface area (Å²) in [5.74, 6) is -0.266. The number of benzene rings is 2. The number of fused-ring (bicyclic) bond motifs is 1. The molecule has 0 unspecified atom stereocenters. The van der Waals surface area contributed by atoms with Crippen molar-refractivity contribution in [2.45, 2.75) is 25.1 Å². The highest BCUT2D eigenvalue weighted by atomic mass is 19.4. The van der Waals surface area contributed by atoms with E-state index < -0.39 is 11.7 Å². The molecule has 0 heterocycles. The highest BCUT2D eigenvalue weighted by Gasteiger charge is 2.30. The smallest absolute Gasteiger partial charge is 0.378 e. The maximum absolute atomic E-state index is 12.6. The molecule has 0 radical (unpaired) electrons. The average Bonchev–Trinajstić information content (AvgIpc) is 2.96. The third-order valence-electron chi connectivity index (χ3n) is 4.23. The number of amides is 1. The fourth-order valence-corrected chi connectivity index (χ4v) is 3.00. The van der Waals surface area contributed by atoms with Crippen molar-refractivity contribution in [2.75, 3.05) is 10.6 Å². The lowest BCUT2D eigenvalue weighted by Crippen LogP contribution is -2.09. The van der Waals surface area contributed by atoms with E-state index in [2.05, 4.69) is 17.2 Å². The Balaban J connectivity index is 1.72. The lowest BCUT2D eigenvalue weighted by molar-refractivity contribution is -0.137. The van der Waals surface area contributed by atoms with Gasteiger partial charge in [0.2, 0.25) is 5.91 Å². The second-order valence-electron chi connectivity index (χ2n) is 5.92. The second-order valence-corrected chi connectivity index (χ2v) is 5.92. The van der Waals surface area contributed by atoms with E-state index in [-0.39, 0.29) is 11.9 Å². The Morgan fingerprint density at radius 1 is 1.12 bits per heavy atom. The van der Waals surface area contributed by atoms with E-state index in [1.165, 1.54) is 18.2 Å². The Hall–Kier alpha value is -2.76. The van der Waals surface area contributed by atoms with Crippen LogP contribution in [0.5, 0.6) is 0 Å². The molecule has 6 heteroatoms. The molecule has 25 heavy (non-hydrogen) atoms. The molecule has 1 atom stereocenters. The molecule has 130 valence electrons. The van der Waals surface area contributed by atoms with Crippen LogP contribution in [0.25, 0.3) is 0 Å². The van der Waals surface area contributed by atoms with Crippen molar-refractivity contribution in [3.63, 3.8) is 0 Å². The summed E-state index contributed by atoms with van der Waals surface area (Å²) in [4.78, 5) is 11.4. The number of hydrogen-bond acceptors (Lipinski definition) is 2. The second kappa shape index (κ2) is 6.63. The third kappa shape index (κ3) is 3.84. The minimum atomic E-state index is -4.33. The number of nitrogens with one attached hydrogen (secondary N) is 2. The predicted molar refractivity (Wildman–Crippen MR) is 91.4 cm³/mol. The highest BCUT2D eigenvalue weighted by Crippen LogP contribution is 2.36. The van der Waals surface area contributed by atoms with Crippen LogP contribution in [0.15, 0.2) is 55.1 Å². The topological polar surface area (TPSA) is 41.1 Å². The van der Waals surface area contributed by atoms with Gasteiger partial charge in [0, 0.05) is 11.4 Å². The zero-order valence-electron chi connectivity index (χ0n) is 13.4. The Morgan fingerprint density at radius 2 is 1.80 bits per heavy atom. The summed E-state index contributed by atoms with van der Waals surface area (Å²) in [6.07, 6.45) is -1.44. The maximum Gasteiger partial charge on any atom is 0.416 e. The van der Waals surface area contributed by atoms with E-state index in [1.54, 1.807) is 0 Å². The van der Waals surface area contributed by atoms with Crippen LogP contribution in [0.3, 0.4) is 0 Å². The van der Waals surface area contributed by atoms with Gasteiger partial charge in [0.15, 0.2) is 0 Å². The Kier molecular flexibility index (Phi) is 4.53. The molecule has 3 rings (SSSR count). The van der Waals surface area contributed by atoms with Gasteiger partial charge >= 0.3 is 6.18 Å². The van der Waals surface area contributed by atoms with Gasteiger partial charge in [0.25, 0.3) is 0 Å². The standard InChI is InChI=1S/C19H17F3N2O/c1-2-18(25)24-15-8-9-16-12(11-15)3-10-17(16)23-14-6-4-13(5-7-14)19(20,21)22/h2,4-9,11,17,23H,1,3,10H2,(H,24,25)/t17-/m0/s1. The van der Waals surface area contributed by atoms with Gasteiger partial charge in [-0.1, -0.05) is 12.6 Å². The van der Waals surface area contributed by atoms with E-state index in [0.717, 1.165) is 36.1 Å². The lowest BCUT2D eigenvalue weighted by Gasteiger charge is -2.17. The van der Waals surface area contributed by atoms with Gasteiger partial charge in [-0.3, -0.25) is 4.79 Å². The number of hydrogen-bond donors (Lipinski definition) is 2. The summed E-state index contributed by atoms with van der Waals surface area (Å²) in [5, 5.41) is 6.00. The summed E-state index contributed by atoms with van der Waals surface area (Å²) in [5.41, 5.74) is 2.91. The number of aryl methyl sites for hydroxylation is 1. The number of rotatable bonds is 4. The Morgan fingerprint density at radius 3 is 2.44 bits per heavy atom. The molecular weight excluding hydrogens is 329 g/mol. The van der Waals surface area contributed by atoms with Crippen LogP contribution in [-0.2, 0) is 17.4 Å². The van der Waals surface area contributed by atoms with Gasteiger partial charge in [0.1, 0.15) is 0 Å². The van der Waals surface area contributed by atoms with Gasteiger partial charge < -0.3 is 10.6 Å². The van der Waals surface area contributed by atoms with Crippen molar-refractivity contribution < 1.29 is 18.0 Å². The maximum atomic E-state index is 12.6. The van der Waals surface area contributed by atoms with Crippen LogP contribution in [0.1, 0.15) is 29.2 Å². The molecule has 0 bridgehead atoms. The monoisotopic (exact) mass is 346 g/mol. The fourth-order valence-electron chi connectivity index (χ4n) is 3.00. The number of alkyl halides is 3. The first-order valence-corrected chi connectivity index (χ1v) is 7.87. The molecule has 0 saturated heterocycles. The van der Waals surface area contributed by atoms with Crippen LogP contribution < -0.4 is 10.6 Å². The summed E-state index contributed by atoms with van der Waals surface area (Å²) in [6.45, 7) is 3.42. The minimum Gasteiger partial charge on any atom is -0.378 e. The van der Waals surface area contributed by atoms with Gasteiger partial charge in [-0.2, -0.15) is 13.2 Å². The third-order valence-corrected chi connectivity index (χ3v) is 4.23. The summed E-state index contributed by atoms with van der Waals surface area (Å²) >= 11 is 0. The molecule has 0 spiro atoms. The average molecular weight is 346 g/mol. The molecule has 2 N–H and O–H groups in total. The molecule has 0 saturated carbocycles. The summed E-state index contributed by atoms with van der Waals surface area (Å²) < 4.78 is 37.9.